The second-order valence-corrected chi connectivity index (χ2v) is 8.23. The number of rotatable bonds is 4. The molecule has 1 amide bonds. The van der Waals surface area contributed by atoms with Crippen LogP contribution in [0.25, 0.3) is 0 Å². The number of amides is 1. The van der Waals surface area contributed by atoms with Crippen molar-refractivity contribution in [3.63, 3.8) is 0 Å². The summed E-state index contributed by atoms with van der Waals surface area (Å²) in [6.07, 6.45) is 10.2. The Morgan fingerprint density at radius 1 is 0.893 bits per heavy atom. The van der Waals surface area contributed by atoms with E-state index in [2.05, 4.69) is 40.2 Å². The number of likely N-dealkylation sites (tertiary alicyclic amines) is 1. The third-order valence-corrected chi connectivity index (χ3v) is 6.19. The minimum absolute atomic E-state index is 0.132. The molecule has 0 bridgehead atoms. The molecule has 1 aromatic heterocycles. The maximum absolute atomic E-state index is 12.9. The summed E-state index contributed by atoms with van der Waals surface area (Å²) in [7, 11) is 0. The largest absolute Gasteiger partial charge is 0.357 e. The Bertz CT molecular complexity index is 743. The Balaban J connectivity index is 1.31. The smallest absolute Gasteiger partial charge is 0.255 e. The normalized spacial score (nSPS) is 18.7. The first kappa shape index (κ1) is 19.0. The van der Waals surface area contributed by atoms with Gasteiger partial charge in [-0.25, -0.2) is 4.98 Å². The van der Waals surface area contributed by atoms with E-state index in [-0.39, 0.29) is 5.91 Å². The van der Waals surface area contributed by atoms with Gasteiger partial charge < -0.3 is 9.80 Å². The molecule has 0 saturated carbocycles. The summed E-state index contributed by atoms with van der Waals surface area (Å²) in [5.74, 6) is 1.82. The van der Waals surface area contributed by atoms with Gasteiger partial charge >= 0.3 is 0 Å². The molecule has 0 spiro atoms. The Kier molecular flexibility index (Phi) is 6.25. The van der Waals surface area contributed by atoms with E-state index in [1.54, 1.807) is 6.20 Å². The number of pyridine rings is 1. The molecule has 28 heavy (non-hydrogen) atoms. The zero-order valence-corrected chi connectivity index (χ0v) is 16.7. The molecule has 2 aliphatic rings. The monoisotopic (exact) mass is 377 g/mol. The van der Waals surface area contributed by atoms with Crippen molar-refractivity contribution in [1.29, 1.82) is 0 Å². The van der Waals surface area contributed by atoms with Crippen molar-refractivity contribution < 1.29 is 4.79 Å². The molecule has 0 N–H and O–H groups in total. The van der Waals surface area contributed by atoms with Crippen molar-refractivity contribution in [3.8, 4) is 0 Å². The number of carbonyl (C=O) groups is 1. The van der Waals surface area contributed by atoms with Crippen LogP contribution in [0.4, 0.5) is 5.82 Å². The van der Waals surface area contributed by atoms with Gasteiger partial charge in [0.1, 0.15) is 5.82 Å². The maximum Gasteiger partial charge on any atom is 0.255 e. The van der Waals surface area contributed by atoms with Gasteiger partial charge in [0.2, 0.25) is 0 Å². The van der Waals surface area contributed by atoms with Crippen LogP contribution in [0.5, 0.6) is 0 Å². The van der Waals surface area contributed by atoms with Crippen LogP contribution < -0.4 is 4.90 Å². The first-order valence-corrected chi connectivity index (χ1v) is 10.8. The summed E-state index contributed by atoms with van der Waals surface area (Å²) in [6, 6.07) is 14.7. The van der Waals surface area contributed by atoms with Gasteiger partial charge in [-0.2, -0.15) is 0 Å². The van der Waals surface area contributed by atoms with Crippen LogP contribution in [-0.4, -0.2) is 42.0 Å². The highest BCUT2D eigenvalue weighted by Crippen LogP contribution is 2.23. The Hall–Kier alpha value is -2.36. The standard InChI is InChI=1S/C24H31N3O/c28-24(22-10-11-23(25-19-22)26-14-6-1-2-7-15-26)27-16-12-21(13-17-27)18-20-8-4-3-5-9-20/h3-5,8-11,19,21H,1-2,6-7,12-18H2. The van der Waals surface area contributed by atoms with Gasteiger partial charge in [0.05, 0.1) is 5.56 Å². The van der Waals surface area contributed by atoms with E-state index in [1.807, 2.05) is 17.0 Å². The average Bonchev–Trinajstić information content (AvgIpc) is 3.04. The van der Waals surface area contributed by atoms with Gasteiger partial charge in [-0.05, 0) is 55.7 Å². The van der Waals surface area contributed by atoms with Crippen molar-refractivity contribution in [3.05, 3.63) is 59.8 Å². The van der Waals surface area contributed by atoms with E-state index in [1.165, 1.54) is 31.2 Å². The maximum atomic E-state index is 12.9. The SMILES string of the molecule is O=C(c1ccc(N2CCCCCC2)nc1)N1CCC(Cc2ccccc2)CC1. The van der Waals surface area contributed by atoms with Gasteiger partial charge in [0.15, 0.2) is 0 Å². The summed E-state index contributed by atoms with van der Waals surface area (Å²) in [6.45, 7) is 3.86. The Labute approximate surface area is 168 Å². The van der Waals surface area contributed by atoms with Crippen molar-refractivity contribution in [2.75, 3.05) is 31.1 Å². The third-order valence-electron chi connectivity index (χ3n) is 6.19. The summed E-state index contributed by atoms with van der Waals surface area (Å²) in [5, 5.41) is 0. The predicted molar refractivity (Wildman–Crippen MR) is 114 cm³/mol. The van der Waals surface area contributed by atoms with E-state index in [4.69, 9.17) is 0 Å². The fourth-order valence-corrected chi connectivity index (χ4v) is 4.47. The van der Waals surface area contributed by atoms with Crippen molar-refractivity contribution in [1.82, 2.24) is 9.88 Å². The number of hydrogen-bond acceptors (Lipinski definition) is 3. The molecule has 0 aliphatic carbocycles. The van der Waals surface area contributed by atoms with E-state index in [0.29, 0.717) is 5.92 Å². The minimum atomic E-state index is 0.132. The number of piperidine rings is 1. The van der Waals surface area contributed by atoms with E-state index < -0.39 is 0 Å². The summed E-state index contributed by atoms with van der Waals surface area (Å²) in [5.41, 5.74) is 2.13. The molecule has 4 nitrogen and oxygen atoms in total. The highest BCUT2D eigenvalue weighted by atomic mass is 16.2. The van der Waals surface area contributed by atoms with Crippen LogP contribution in [0, 0.1) is 5.92 Å². The van der Waals surface area contributed by atoms with Crippen LogP contribution in [0.3, 0.4) is 0 Å². The molecule has 2 saturated heterocycles. The molecular formula is C24H31N3O. The third kappa shape index (κ3) is 4.73. The van der Waals surface area contributed by atoms with Crippen LogP contribution in [-0.2, 0) is 6.42 Å². The number of aromatic nitrogens is 1. The second-order valence-electron chi connectivity index (χ2n) is 8.23. The summed E-state index contributed by atoms with van der Waals surface area (Å²) in [4.78, 5) is 21.9. The highest BCUT2D eigenvalue weighted by Gasteiger charge is 2.24. The van der Waals surface area contributed by atoms with Crippen LogP contribution >= 0.6 is 0 Å². The molecular weight excluding hydrogens is 346 g/mol. The van der Waals surface area contributed by atoms with Gasteiger partial charge in [0, 0.05) is 32.4 Å². The summed E-state index contributed by atoms with van der Waals surface area (Å²) < 4.78 is 0. The molecule has 0 radical (unpaired) electrons. The van der Waals surface area contributed by atoms with E-state index in [0.717, 1.165) is 56.8 Å². The van der Waals surface area contributed by atoms with E-state index in [9.17, 15) is 4.79 Å². The lowest BCUT2D eigenvalue weighted by atomic mass is 9.90. The van der Waals surface area contributed by atoms with Crippen LogP contribution in [0.15, 0.2) is 48.7 Å². The lowest BCUT2D eigenvalue weighted by Gasteiger charge is -2.32. The molecule has 2 aliphatic heterocycles. The molecule has 0 unspecified atom stereocenters. The highest BCUT2D eigenvalue weighted by molar-refractivity contribution is 5.94. The topological polar surface area (TPSA) is 36.4 Å². The molecule has 0 atom stereocenters. The molecule has 4 heteroatoms. The molecule has 4 rings (SSSR count). The van der Waals surface area contributed by atoms with E-state index >= 15 is 0 Å². The molecule has 3 heterocycles. The van der Waals surface area contributed by atoms with Crippen LogP contribution in [0.2, 0.25) is 0 Å². The van der Waals surface area contributed by atoms with Gasteiger partial charge in [-0.1, -0.05) is 43.2 Å². The average molecular weight is 378 g/mol. The number of nitrogens with zero attached hydrogens (tertiary/aromatic N) is 3. The fraction of sp³-hybridized carbons (Fsp3) is 0.500. The number of benzene rings is 1. The fourth-order valence-electron chi connectivity index (χ4n) is 4.47. The minimum Gasteiger partial charge on any atom is -0.357 e. The summed E-state index contributed by atoms with van der Waals surface area (Å²) >= 11 is 0. The first-order chi connectivity index (χ1) is 13.8. The van der Waals surface area contributed by atoms with Crippen molar-refractivity contribution in [2.24, 2.45) is 5.92 Å². The zero-order chi connectivity index (χ0) is 19.2. The molecule has 2 aromatic rings. The predicted octanol–water partition coefficient (Wildman–Crippen LogP) is 4.56. The van der Waals surface area contributed by atoms with Gasteiger partial charge in [0.25, 0.3) is 5.91 Å². The van der Waals surface area contributed by atoms with Crippen molar-refractivity contribution in [2.45, 2.75) is 44.9 Å². The van der Waals surface area contributed by atoms with Gasteiger partial charge in [-0.15, -0.1) is 0 Å². The molecule has 148 valence electrons. The van der Waals surface area contributed by atoms with Crippen LogP contribution in [0.1, 0.15) is 54.4 Å². The quantitative estimate of drug-likeness (QED) is 0.784. The lowest BCUT2D eigenvalue weighted by molar-refractivity contribution is 0.0690. The molecule has 2 fully saturated rings. The second kappa shape index (κ2) is 9.22. The Morgan fingerprint density at radius 3 is 2.25 bits per heavy atom. The lowest BCUT2D eigenvalue weighted by Crippen LogP contribution is -2.39. The number of carbonyl (C=O) groups excluding carboxylic acids is 1. The van der Waals surface area contributed by atoms with Gasteiger partial charge in [-0.3, -0.25) is 4.79 Å². The molecule has 1 aromatic carbocycles. The number of hydrogen-bond donors (Lipinski definition) is 0. The van der Waals surface area contributed by atoms with Crippen molar-refractivity contribution >= 4 is 11.7 Å². The number of anilines is 1. The zero-order valence-electron chi connectivity index (χ0n) is 16.7. The Morgan fingerprint density at radius 2 is 1.61 bits per heavy atom. The first-order valence-electron chi connectivity index (χ1n) is 10.8.